The highest BCUT2D eigenvalue weighted by Gasteiger charge is 2.13. The predicted octanol–water partition coefficient (Wildman–Crippen LogP) is 0.869. The van der Waals surface area contributed by atoms with Crippen molar-refractivity contribution in [2.24, 2.45) is 16.8 Å². The van der Waals surface area contributed by atoms with Gasteiger partial charge in [-0.2, -0.15) is 0 Å². The molecule has 0 aromatic carbocycles. The molecule has 0 spiro atoms. The number of nitrogens with one attached hydrogen (secondary N) is 1. The van der Waals surface area contributed by atoms with E-state index in [0.29, 0.717) is 91.5 Å². The molecule has 0 aliphatic rings. The first-order valence-corrected chi connectivity index (χ1v) is 10.0. The van der Waals surface area contributed by atoms with E-state index in [4.69, 9.17) is 34.9 Å². The molecule has 0 rings (SSSR count). The lowest BCUT2D eigenvalue weighted by atomic mass is 10.0. The second-order valence-electron chi connectivity index (χ2n) is 6.54. The van der Waals surface area contributed by atoms with Crippen LogP contribution in [-0.4, -0.2) is 91.1 Å². The van der Waals surface area contributed by atoms with Crippen molar-refractivity contribution in [1.82, 2.24) is 5.32 Å². The smallest absolute Gasteiger partial charge is 0.237 e. The zero-order valence-electron chi connectivity index (χ0n) is 17.7. The molecule has 0 heterocycles. The zero-order chi connectivity index (χ0) is 21.6. The summed E-state index contributed by atoms with van der Waals surface area (Å²) in [7, 11) is 0. The second kappa shape index (κ2) is 21.3. The number of nitrogens with two attached hydrogens (primary N) is 1. The molecule has 0 fully saturated rings. The molecule has 0 bridgehead atoms. The monoisotopic (exact) mass is 419 g/mol. The zero-order valence-corrected chi connectivity index (χ0v) is 17.7. The summed E-state index contributed by atoms with van der Waals surface area (Å²) >= 11 is 0. The number of rotatable bonds is 21. The maximum Gasteiger partial charge on any atom is 0.237 e. The fourth-order valence-corrected chi connectivity index (χ4v) is 2.12. The molecule has 170 valence electrons. The van der Waals surface area contributed by atoms with Gasteiger partial charge in [-0.25, -0.2) is 0 Å². The van der Waals surface area contributed by atoms with Gasteiger partial charge in [0.05, 0.1) is 72.1 Å². The number of carbonyl (C=O) groups excluding carboxylic acids is 1. The van der Waals surface area contributed by atoms with Gasteiger partial charge in [-0.15, -0.1) is 0 Å². The number of nitrogens with zero attached hydrogens (tertiary/aromatic N) is 3. The maximum absolute atomic E-state index is 11.7. The summed E-state index contributed by atoms with van der Waals surface area (Å²) in [5.74, 6) is 0.250. The Labute approximate surface area is 173 Å². The highest BCUT2D eigenvalue weighted by molar-refractivity contribution is 5.81. The third kappa shape index (κ3) is 21.1. The van der Waals surface area contributed by atoms with Crippen LogP contribution in [0.4, 0.5) is 0 Å². The van der Waals surface area contributed by atoms with Crippen LogP contribution in [0.5, 0.6) is 0 Å². The Morgan fingerprint density at radius 2 is 1.34 bits per heavy atom. The molecule has 0 saturated heterocycles. The first-order chi connectivity index (χ1) is 14.1. The summed E-state index contributed by atoms with van der Waals surface area (Å²) in [5.41, 5.74) is 13.9. The van der Waals surface area contributed by atoms with E-state index >= 15 is 0 Å². The number of hydrogen-bond donors (Lipinski definition) is 2. The van der Waals surface area contributed by atoms with Crippen LogP contribution >= 0.6 is 0 Å². The van der Waals surface area contributed by atoms with Crippen molar-refractivity contribution in [3.63, 3.8) is 0 Å². The lowest BCUT2D eigenvalue weighted by Crippen LogP contribution is -2.42. The van der Waals surface area contributed by atoms with E-state index in [1.807, 2.05) is 13.8 Å². The Bertz CT molecular complexity index is 435. The minimum Gasteiger partial charge on any atom is -0.379 e. The van der Waals surface area contributed by atoms with Crippen LogP contribution in [0.2, 0.25) is 0 Å². The molecule has 0 aliphatic carbocycles. The summed E-state index contributed by atoms with van der Waals surface area (Å²) in [6.07, 6.45) is 0.670. The standard InChI is InChI=1S/C18H37N5O6/c1-16(2)15-17(19)18(24)21-3-5-25-7-9-27-11-13-29-14-12-28-10-8-26-6-4-22-23-20/h16-17H,3-15,19H2,1-2H3,(H,21,24)/t17-/m0/s1. The third-order valence-corrected chi connectivity index (χ3v) is 3.49. The molecule has 0 radical (unpaired) electrons. The van der Waals surface area contributed by atoms with Crippen LogP contribution in [-0.2, 0) is 28.5 Å². The highest BCUT2D eigenvalue weighted by atomic mass is 16.6. The Morgan fingerprint density at radius 1 is 0.897 bits per heavy atom. The molecular formula is C18H37N5O6. The first kappa shape index (κ1) is 27.5. The second-order valence-corrected chi connectivity index (χ2v) is 6.54. The minimum atomic E-state index is -0.465. The lowest BCUT2D eigenvalue weighted by molar-refractivity contribution is -0.122. The summed E-state index contributed by atoms with van der Waals surface area (Å²) in [5, 5.41) is 6.11. The average molecular weight is 420 g/mol. The maximum atomic E-state index is 11.7. The van der Waals surface area contributed by atoms with Crippen LogP contribution in [0.15, 0.2) is 5.11 Å². The van der Waals surface area contributed by atoms with Gasteiger partial charge in [0.1, 0.15) is 0 Å². The summed E-state index contributed by atoms with van der Waals surface area (Å²) in [4.78, 5) is 14.3. The van der Waals surface area contributed by atoms with Gasteiger partial charge in [-0.3, -0.25) is 4.79 Å². The lowest BCUT2D eigenvalue weighted by Gasteiger charge is -2.14. The molecule has 0 saturated carbocycles. The molecule has 1 atom stereocenters. The Balaban J connectivity index is 3.19. The van der Waals surface area contributed by atoms with Crippen LogP contribution in [0.25, 0.3) is 10.4 Å². The first-order valence-electron chi connectivity index (χ1n) is 10.0. The van der Waals surface area contributed by atoms with Gasteiger partial charge in [0, 0.05) is 18.0 Å². The van der Waals surface area contributed by atoms with Gasteiger partial charge in [-0.1, -0.05) is 19.0 Å². The average Bonchev–Trinajstić information content (AvgIpc) is 2.69. The van der Waals surface area contributed by atoms with Crippen molar-refractivity contribution in [1.29, 1.82) is 0 Å². The molecule has 29 heavy (non-hydrogen) atoms. The van der Waals surface area contributed by atoms with Gasteiger partial charge < -0.3 is 34.7 Å². The molecule has 0 unspecified atom stereocenters. The highest BCUT2D eigenvalue weighted by Crippen LogP contribution is 2.02. The number of amides is 1. The van der Waals surface area contributed by atoms with E-state index in [2.05, 4.69) is 15.3 Å². The van der Waals surface area contributed by atoms with Gasteiger partial charge in [-0.05, 0) is 17.9 Å². The fraction of sp³-hybridized carbons (Fsp3) is 0.944. The van der Waals surface area contributed by atoms with Crippen molar-refractivity contribution in [2.45, 2.75) is 26.3 Å². The molecule has 3 N–H and O–H groups in total. The molecule has 0 aromatic heterocycles. The van der Waals surface area contributed by atoms with Crippen molar-refractivity contribution >= 4 is 5.91 Å². The van der Waals surface area contributed by atoms with Crippen LogP contribution < -0.4 is 11.1 Å². The van der Waals surface area contributed by atoms with E-state index in [1.165, 1.54) is 0 Å². The van der Waals surface area contributed by atoms with Gasteiger partial charge in [0.2, 0.25) is 5.91 Å². The topological polar surface area (TPSA) is 150 Å². The molecule has 11 nitrogen and oxygen atoms in total. The number of azide groups is 1. The predicted molar refractivity (Wildman–Crippen MR) is 109 cm³/mol. The molecular weight excluding hydrogens is 382 g/mol. The minimum absolute atomic E-state index is 0.141. The van der Waals surface area contributed by atoms with Crippen LogP contribution in [0.1, 0.15) is 20.3 Å². The quantitative estimate of drug-likeness (QED) is 0.121. The summed E-state index contributed by atoms with van der Waals surface area (Å²) < 4.78 is 26.6. The van der Waals surface area contributed by atoms with E-state index < -0.39 is 6.04 Å². The Hall–Kier alpha value is -1.46. The van der Waals surface area contributed by atoms with Gasteiger partial charge in [0.25, 0.3) is 0 Å². The van der Waals surface area contributed by atoms with Crippen LogP contribution in [0.3, 0.4) is 0 Å². The van der Waals surface area contributed by atoms with E-state index in [0.717, 1.165) is 0 Å². The summed E-state index contributed by atoms with van der Waals surface area (Å²) in [6, 6.07) is -0.465. The normalized spacial score (nSPS) is 12.0. The fourth-order valence-electron chi connectivity index (χ4n) is 2.12. The van der Waals surface area contributed by atoms with E-state index in [9.17, 15) is 4.79 Å². The largest absolute Gasteiger partial charge is 0.379 e. The third-order valence-electron chi connectivity index (χ3n) is 3.49. The van der Waals surface area contributed by atoms with Crippen molar-refractivity contribution < 1.29 is 28.5 Å². The number of carbonyl (C=O) groups is 1. The molecule has 1 amide bonds. The SMILES string of the molecule is CC(C)C[C@H](N)C(=O)NCCOCCOCCOCCOCCOCCN=[N+]=[N-]. The van der Waals surface area contributed by atoms with Crippen molar-refractivity contribution in [3.8, 4) is 0 Å². The molecule has 11 heteroatoms. The van der Waals surface area contributed by atoms with Gasteiger partial charge in [0.15, 0.2) is 0 Å². The summed E-state index contributed by atoms with van der Waals surface area (Å²) in [6.45, 7) is 9.42. The van der Waals surface area contributed by atoms with E-state index in [-0.39, 0.29) is 5.91 Å². The van der Waals surface area contributed by atoms with Crippen LogP contribution in [0, 0.1) is 5.92 Å². The number of ether oxygens (including phenoxy) is 5. The van der Waals surface area contributed by atoms with Gasteiger partial charge >= 0.3 is 0 Å². The molecule has 0 aliphatic heterocycles. The Morgan fingerprint density at radius 3 is 1.79 bits per heavy atom. The molecule has 0 aromatic rings. The van der Waals surface area contributed by atoms with Crippen molar-refractivity contribution in [2.75, 3.05) is 79.2 Å². The van der Waals surface area contributed by atoms with E-state index in [1.54, 1.807) is 0 Å². The number of hydrogen-bond acceptors (Lipinski definition) is 8. The Kier molecular flexibility index (Phi) is 20.2. The van der Waals surface area contributed by atoms with Crippen molar-refractivity contribution in [3.05, 3.63) is 10.4 Å².